The van der Waals surface area contributed by atoms with Crippen molar-refractivity contribution >= 4 is 17.8 Å². The highest BCUT2D eigenvalue weighted by Crippen LogP contribution is 2.28. The van der Waals surface area contributed by atoms with Gasteiger partial charge in [0.05, 0.1) is 28.4 Å². The average Bonchev–Trinajstić information content (AvgIpc) is 2.88. The number of carbonyl (C=O) groups excluding carboxylic acids is 1. The number of carboxylic acid groups (broad SMARTS) is 2. The lowest BCUT2D eigenvalue weighted by atomic mass is 10.1. The Bertz CT molecular complexity index is 999. The fraction of sp³-hybridized carbons (Fsp3) is 0.375. The molecule has 11 heteroatoms. The zero-order valence-electron chi connectivity index (χ0n) is 20.1. The van der Waals surface area contributed by atoms with Gasteiger partial charge in [-0.15, -0.1) is 0 Å². The van der Waals surface area contributed by atoms with Crippen LogP contribution >= 0.6 is 0 Å². The Balaban J connectivity index is 0.000000641. The van der Waals surface area contributed by atoms with Crippen molar-refractivity contribution < 1.29 is 43.5 Å². The van der Waals surface area contributed by atoms with Crippen molar-refractivity contribution in [1.82, 2.24) is 9.80 Å². The van der Waals surface area contributed by atoms with E-state index in [1.807, 2.05) is 23.1 Å². The normalized spacial score (nSPS) is 13.2. The summed E-state index contributed by atoms with van der Waals surface area (Å²) in [6.07, 6.45) is 0. The Hall–Kier alpha value is -3.99. The van der Waals surface area contributed by atoms with Crippen molar-refractivity contribution in [3.05, 3.63) is 47.5 Å². The minimum Gasteiger partial charge on any atom is -0.497 e. The molecule has 190 valence electrons. The smallest absolute Gasteiger partial charge is 0.414 e. The van der Waals surface area contributed by atoms with E-state index < -0.39 is 11.9 Å². The monoisotopic (exact) mass is 490 g/mol. The molecule has 1 aliphatic rings. The summed E-state index contributed by atoms with van der Waals surface area (Å²) in [7, 11) is 6.43. The van der Waals surface area contributed by atoms with Crippen molar-refractivity contribution in [2.75, 3.05) is 54.6 Å². The van der Waals surface area contributed by atoms with Gasteiger partial charge in [-0.05, 0) is 29.8 Å². The van der Waals surface area contributed by atoms with Crippen LogP contribution in [0, 0.1) is 0 Å². The summed E-state index contributed by atoms with van der Waals surface area (Å²) in [5.74, 6) is -0.983. The summed E-state index contributed by atoms with van der Waals surface area (Å²) in [4.78, 5) is 35.3. The number of ether oxygens (including phenoxy) is 4. The van der Waals surface area contributed by atoms with Crippen LogP contribution in [0.1, 0.15) is 15.9 Å². The highest BCUT2D eigenvalue weighted by atomic mass is 16.5. The first-order valence-corrected chi connectivity index (χ1v) is 10.6. The van der Waals surface area contributed by atoms with Crippen LogP contribution < -0.4 is 18.9 Å². The molecule has 1 heterocycles. The Morgan fingerprint density at radius 2 is 1.29 bits per heavy atom. The number of nitrogens with zero attached hydrogens (tertiary/aromatic N) is 2. The fourth-order valence-electron chi connectivity index (χ4n) is 3.46. The van der Waals surface area contributed by atoms with Crippen molar-refractivity contribution in [2.24, 2.45) is 0 Å². The summed E-state index contributed by atoms with van der Waals surface area (Å²) in [6, 6.07) is 11.2. The van der Waals surface area contributed by atoms with Gasteiger partial charge in [0, 0.05) is 44.4 Å². The van der Waals surface area contributed by atoms with Gasteiger partial charge in [0.25, 0.3) is 5.91 Å². The third kappa shape index (κ3) is 7.78. The van der Waals surface area contributed by atoms with Gasteiger partial charge in [-0.3, -0.25) is 9.69 Å². The largest absolute Gasteiger partial charge is 0.497 e. The number of aliphatic carboxylic acids is 2. The number of piperazine rings is 1. The number of carboxylic acids is 2. The van der Waals surface area contributed by atoms with E-state index in [1.54, 1.807) is 46.6 Å². The summed E-state index contributed by atoms with van der Waals surface area (Å²) < 4.78 is 21.2. The second-order valence-electron chi connectivity index (χ2n) is 7.47. The molecule has 1 aliphatic heterocycles. The SMILES string of the molecule is COc1cc(OC)cc(C(=O)N2CCN(Cc3ccc(OC)c(OC)c3)CC2)c1.O=C(O)C(=O)O. The van der Waals surface area contributed by atoms with Crippen molar-refractivity contribution in [2.45, 2.75) is 6.54 Å². The van der Waals surface area contributed by atoms with E-state index in [4.69, 9.17) is 38.7 Å². The van der Waals surface area contributed by atoms with Gasteiger partial charge in [0.15, 0.2) is 11.5 Å². The lowest BCUT2D eigenvalue weighted by Gasteiger charge is -2.35. The quantitative estimate of drug-likeness (QED) is 0.554. The van der Waals surface area contributed by atoms with Gasteiger partial charge >= 0.3 is 11.9 Å². The van der Waals surface area contributed by atoms with E-state index in [0.29, 0.717) is 30.2 Å². The Labute approximate surface area is 203 Å². The van der Waals surface area contributed by atoms with Crippen LogP contribution in [0.25, 0.3) is 0 Å². The summed E-state index contributed by atoms with van der Waals surface area (Å²) in [6.45, 7) is 3.76. The first-order chi connectivity index (χ1) is 16.7. The molecule has 0 aromatic heterocycles. The molecule has 0 unspecified atom stereocenters. The van der Waals surface area contributed by atoms with Crippen LogP contribution in [0.5, 0.6) is 23.0 Å². The van der Waals surface area contributed by atoms with Crippen LogP contribution in [-0.2, 0) is 16.1 Å². The topological polar surface area (TPSA) is 135 Å². The molecule has 0 spiro atoms. The molecule has 0 saturated carbocycles. The van der Waals surface area contributed by atoms with Gasteiger partial charge in [0.1, 0.15) is 11.5 Å². The Morgan fingerprint density at radius 3 is 1.74 bits per heavy atom. The zero-order valence-corrected chi connectivity index (χ0v) is 20.1. The molecule has 3 rings (SSSR count). The number of benzene rings is 2. The molecule has 11 nitrogen and oxygen atoms in total. The van der Waals surface area contributed by atoms with Gasteiger partial charge in [-0.1, -0.05) is 6.07 Å². The predicted molar refractivity (Wildman–Crippen MR) is 126 cm³/mol. The molecule has 1 saturated heterocycles. The minimum absolute atomic E-state index is 0.00651. The van der Waals surface area contributed by atoms with E-state index in [9.17, 15) is 4.79 Å². The van der Waals surface area contributed by atoms with E-state index in [0.717, 1.165) is 36.7 Å². The number of hydrogen-bond donors (Lipinski definition) is 2. The van der Waals surface area contributed by atoms with Crippen molar-refractivity contribution in [1.29, 1.82) is 0 Å². The maximum Gasteiger partial charge on any atom is 0.414 e. The van der Waals surface area contributed by atoms with Gasteiger partial charge in [0.2, 0.25) is 0 Å². The van der Waals surface area contributed by atoms with Crippen LogP contribution in [-0.4, -0.2) is 92.5 Å². The van der Waals surface area contributed by atoms with Gasteiger partial charge in [-0.25, -0.2) is 9.59 Å². The van der Waals surface area contributed by atoms with Crippen LogP contribution in [0.2, 0.25) is 0 Å². The maximum atomic E-state index is 12.9. The Kier molecular flexibility index (Phi) is 10.2. The molecular weight excluding hydrogens is 460 g/mol. The molecular formula is C24H30N2O9. The number of hydrogen-bond acceptors (Lipinski definition) is 8. The highest BCUT2D eigenvalue weighted by Gasteiger charge is 2.23. The maximum absolute atomic E-state index is 12.9. The first-order valence-electron chi connectivity index (χ1n) is 10.6. The number of amides is 1. The van der Waals surface area contributed by atoms with Gasteiger partial charge in [-0.2, -0.15) is 0 Å². The molecule has 0 bridgehead atoms. The van der Waals surface area contributed by atoms with E-state index in [1.165, 1.54) is 0 Å². The average molecular weight is 491 g/mol. The molecule has 2 aromatic carbocycles. The van der Waals surface area contributed by atoms with Crippen molar-refractivity contribution in [3.8, 4) is 23.0 Å². The molecule has 1 fully saturated rings. The molecule has 2 aromatic rings. The molecule has 35 heavy (non-hydrogen) atoms. The third-order valence-electron chi connectivity index (χ3n) is 5.29. The molecule has 1 amide bonds. The number of rotatable bonds is 7. The van der Waals surface area contributed by atoms with E-state index in [2.05, 4.69) is 4.90 Å². The minimum atomic E-state index is -1.82. The first kappa shape index (κ1) is 27.3. The van der Waals surface area contributed by atoms with E-state index in [-0.39, 0.29) is 5.91 Å². The summed E-state index contributed by atoms with van der Waals surface area (Å²) >= 11 is 0. The lowest BCUT2D eigenvalue weighted by Crippen LogP contribution is -2.48. The zero-order chi connectivity index (χ0) is 26.0. The summed E-state index contributed by atoms with van der Waals surface area (Å²) in [5.41, 5.74) is 1.73. The molecule has 0 atom stereocenters. The lowest BCUT2D eigenvalue weighted by molar-refractivity contribution is -0.159. The Morgan fingerprint density at radius 1 is 0.743 bits per heavy atom. The highest BCUT2D eigenvalue weighted by molar-refractivity contribution is 6.27. The predicted octanol–water partition coefficient (Wildman–Crippen LogP) is 1.83. The standard InChI is InChI=1S/C22H28N2O5.C2H2O4/c1-26-18-12-17(13-19(14-18)27-2)22(25)24-9-7-23(8-10-24)15-16-5-6-20(28-3)21(11-16)29-4;3-1(4)2(5)6/h5-6,11-14H,7-10,15H2,1-4H3;(H,3,4)(H,5,6). The molecule has 0 aliphatic carbocycles. The fourth-order valence-corrected chi connectivity index (χ4v) is 3.46. The molecule has 2 N–H and O–H groups in total. The van der Waals surface area contributed by atoms with Crippen LogP contribution in [0.15, 0.2) is 36.4 Å². The number of methoxy groups -OCH3 is 4. The van der Waals surface area contributed by atoms with E-state index >= 15 is 0 Å². The number of carbonyl (C=O) groups is 3. The van der Waals surface area contributed by atoms with Crippen LogP contribution in [0.3, 0.4) is 0 Å². The van der Waals surface area contributed by atoms with Gasteiger partial charge < -0.3 is 34.1 Å². The summed E-state index contributed by atoms with van der Waals surface area (Å²) in [5, 5.41) is 14.8. The van der Waals surface area contributed by atoms with Crippen LogP contribution in [0.4, 0.5) is 0 Å². The van der Waals surface area contributed by atoms with Crippen molar-refractivity contribution in [3.63, 3.8) is 0 Å². The third-order valence-corrected chi connectivity index (χ3v) is 5.29. The second-order valence-corrected chi connectivity index (χ2v) is 7.47. The molecule has 0 radical (unpaired) electrons. The second kappa shape index (κ2) is 13.0.